The number of carbonyl (C=O) groups is 1. The van der Waals surface area contributed by atoms with Gasteiger partial charge in [-0.2, -0.15) is 5.10 Å². The molecule has 4 nitrogen and oxygen atoms in total. The standard InChI is InChI=1S/C16H19BrN2O2/c1-4-5-15-11(2)18-19(12(15)3)16(20)10-21-14-8-6-13(17)7-9-14/h6-9H,4-5,10H2,1-3H3. The lowest BCUT2D eigenvalue weighted by molar-refractivity contribution is 0.0818. The second kappa shape index (κ2) is 6.89. The van der Waals surface area contributed by atoms with Crippen LogP contribution in [0.15, 0.2) is 28.7 Å². The monoisotopic (exact) mass is 350 g/mol. The Kier molecular flexibility index (Phi) is 5.17. The lowest BCUT2D eigenvalue weighted by Gasteiger charge is -2.07. The number of ether oxygens (including phenoxy) is 1. The molecule has 0 saturated heterocycles. The van der Waals surface area contributed by atoms with Crippen LogP contribution in [-0.2, 0) is 6.42 Å². The van der Waals surface area contributed by atoms with Gasteiger partial charge in [-0.3, -0.25) is 4.79 Å². The van der Waals surface area contributed by atoms with Gasteiger partial charge in [-0.25, -0.2) is 4.68 Å². The minimum atomic E-state index is -0.152. The number of aryl methyl sites for hydroxylation is 1. The van der Waals surface area contributed by atoms with Crippen LogP contribution in [0.2, 0.25) is 0 Å². The van der Waals surface area contributed by atoms with Crippen LogP contribution in [-0.4, -0.2) is 22.3 Å². The largest absolute Gasteiger partial charge is 0.484 e. The molecule has 1 heterocycles. The first kappa shape index (κ1) is 15.8. The quantitative estimate of drug-likeness (QED) is 0.820. The number of hydrogen-bond acceptors (Lipinski definition) is 3. The van der Waals surface area contributed by atoms with Gasteiger partial charge in [-0.05, 0) is 50.1 Å². The molecular formula is C16H19BrN2O2. The number of hydrogen-bond donors (Lipinski definition) is 0. The third kappa shape index (κ3) is 3.73. The van der Waals surface area contributed by atoms with Crippen molar-refractivity contribution >= 4 is 21.8 Å². The van der Waals surface area contributed by atoms with E-state index < -0.39 is 0 Å². The van der Waals surface area contributed by atoms with Crippen LogP contribution >= 0.6 is 15.9 Å². The molecule has 0 aliphatic heterocycles. The predicted octanol–water partition coefficient (Wildman–Crippen LogP) is 3.93. The van der Waals surface area contributed by atoms with Gasteiger partial charge in [0.1, 0.15) is 5.75 Å². The van der Waals surface area contributed by atoms with Gasteiger partial charge in [-0.1, -0.05) is 29.3 Å². The summed E-state index contributed by atoms with van der Waals surface area (Å²) in [6.45, 7) is 5.98. The van der Waals surface area contributed by atoms with E-state index in [1.807, 2.05) is 38.1 Å². The summed E-state index contributed by atoms with van der Waals surface area (Å²) in [5.74, 6) is 0.516. The van der Waals surface area contributed by atoms with Gasteiger partial charge in [0.05, 0.1) is 5.69 Å². The Hall–Kier alpha value is -1.62. The van der Waals surface area contributed by atoms with Crippen LogP contribution in [0.25, 0.3) is 0 Å². The smallest absolute Gasteiger partial charge is 0.284 e. The minimum absolute atomic E-state index is 0.0187. The first-order valence-corrected chi connectivity index (χ1v) is 7.79. The van der Waals surface area contributed by atoms with Crippen LogP contribution in [0, 0.1) is 13.8 Å². The van der Waals surface area contributed by atoms with Crippen molar-refractivity contribution in [3.63, 3.8) is 0 Å². The highest BCUT2D eigenvalue weighted by molar-refractivity contribution is 9.10. The minimum Gasteiger partial charge on any atom is -0.484 e. The van der Waals surface area contributed by atoms with E-state index in [1.54, 1.807) is 0 Å². The van der Waals surface area contributed by atoms with Crippen LogP contribution in [0.5, 0.6) is 5.75 Å². The molecule has 0 bridgehead atoms. The number of nitrogens with zero attached hydrogens (tertiary/aromatic N) is 2. The second-order valence-corrected chi connectivity index (χ2v) is 5.86. The van der Waals surface area contributed by atoms with Gasteiger partial charge in [0.2, 0.25) is 0 Å². The summed E-state index contributed by atoms with van der Waals surface area (Å²) in [5, 5.41) is 4.33. The molecular weight excluding hydrogens is 332 g/mol. The maximum Gasteiger partial charge on any atom is 0.284 e. The molecule has 1 aromatic carbocycles. The van der Waals surface area contributed by atoms with Crippen molar-refractivity contribution in [3.8, 4) is 5.75 Å². The zero-order chi connectivity index (χ0) is 15.4. The van der Waals surface area contributed by atoms with Gasteiger partial charge in [0, 0.05) is 10.2 Å². The number of benzene rings is 1. The lowest BCUT2D eigenvalue weighted by Crippen LogP contribution is -2.21. The van der Waals surface area contributed by atoms with Crippen molar-refractivity contribution < 1.29 is 9.53 Å². The number of aromatic nitrogens is 2. The molecule has 2 aromatic rings. The third-order valence-electron chi connectivity index (χ3n) is 3.35. The van der Waals surface area contributed by atoms with Crippen molar-refractivity contribution in [2.75, 3.05) is 6.61 Å². The highest BCUT2D eigenvalue weighted by Gasteiger charge is 2.16. The lowest BCUT2D eigenvalue weighted by atomic mass is 10.1. The summed E-state index contributed by atoms with van der Waals surface area (Å²) < 4.78 is 7.94. The van der Waals surface area contributed by atoms with E-state index in [1.165, 1.54) is 4.68 Å². The Bertz CT molecular complexity index is 632. The molecule has 0 unspecified atom stereocenters. The van der Waals surface area contributed by atoms with Crippen molar-refractivity contribution in [1.82, 2.24) is 9.78 Å². The molecule has 5 heteroatoms. The van der Waals surface area contributed by atoms with Crippen LogP contribution in [0.1, 0.15) is 35.1 Å². The van der Waals surface area contributed by atoms with Gasteiger partial charge < -0.3 is 4.74 Å². The van der Waals surface area contributed by atoms with Gasteiger partial charge >= 0.3 is 0 Å². The summed E-state index contributed by atoms with van der Waals surface area (Å²) in [7, 11) is 0. The molecule has 0 amide bonds. The normalized spacial score (nSPS) is 10.7. The maximum absolute atomic E-state index is 12.2. The molecule has 0 aliphatic rings. The molecule has 2 rings (SSSR count). The summed E-state index contributed by atoms with van der Waals surface area (Å²) in [4.78, 5) is 12.2. The zero-order valence-electron chi connectivity index (χ0n) is 12.5. The fraction of sp³-hybridized carbons (Fsp3) is 0.375. The first-order chi connectivity index (χ1) is 10.0. The van der Waals surface area contributed by atoms with Gasteiger partial charge in [-0.15, -0.1) is 0 Å². The molecule has 0 saturated carbocycles. The van der Waals surface area contributed by atoms with Crippen LogP contribution < -0.4 is 4.74 Å². The summed E-state index contributed by atoms with van der Waals surface area (Å²) in [5.41, 5.74) is 3.00. The van der Waals surface area contributed by atoms with Gasteiger partial charge in [0.25, 0.3) is 5.91 Å². The zero-order valence-corrected chi connectivity index (χ0v) is 14.1. The Balaban J connectivity index is 2.07. The molecule has 0 fully saturated rings. The number of rotatable bonds is 5. The highest BCUT2D eigenvalue weighted by atomic mass is 79.9. The second-order valence-electron chi connectivity index (χ2n) is 4.95. The summed E-state index contributed by atoms with van der Waals surface area (Å²) in [6.07, 6.45) is 1.98. The van der Waals surface area contributed by atoms with E-state index in [-0.39, 0.29) is 12.5 Å². The Morgan fingerprint density at radius 1 is 1.29 bits per heavy atom. The van der Waals surface area contributed by atoms with Crippen LogP contribution in [0.4, 0.5) is 0 Å². The van der Waals surface area contributed by atoms with E-state index in [0.29, 0.717) is 5.75 Å². The number of halogens is 1. The van der Waals surface area contributed by atoms with E-state index in [4.69, 9.17) is 4.74 Å². The summed E-state index contributed by atoms with van der Waals surface area (Å²) >= 11 is 3.36. The molecule has 0 atom stereocenters. The molecule has 112 valence electrons. The predicted molar refractivity (Wildman–Crippen MR) is 86.0 cm³/mol. The fourth-order valence-electron chi connectivity index (χ4n) is 2.27. The first-order valence-electron chi connectivity index (χ1n) is 6.99. The van der Waals surface area contributed by atoms with E-state index in [9.17, 15) is 4.79 Å². The maximum atomic E-state index is 12.2. The van der Waals surface area contributed by atoms with Gasteiger partial charge in [0.15, 0.2) is 6.61 Å². The van der Waals surface area contributed by atoms with Crippen molar-refractivity contribution in [3.05, 3.63) is 45.7 Å². The van der Waals surface area contributed by atoms with E-state index in [2.05, 4.69) is 28.0 Å². The number of carbonyl (C=O) groups excluding carboxylic acids is 1. The van der Waals surface area contributed by atoms with E-state index in [0.717, 1.165) is 34.3 Å². The van der Waals surface area contributed by atoms with Crippen molar-refractivity contribution in [2.24, 2.45) is 0 Å². The molecule has 1 aromatic heterocycles. The van der Waals surface area contributed by atoms with Crippen LogP contribution in [0.3, 0.4) is 0 Å². The molecule has 0 N–H and O–H groups in total. The molecule has 0 aliphatic carbocycles. The fourth-order valence-corrected chi connectivity index (χ4v) is 2.53. The topological polar surface area (TPSA) is 44.1 Å². The van der Waals surface area contributed by atoms with E-state index >= 15 is 0 Å². The van der Waals surface area contributed by atoms with Crippen molar-refractivity contribution in [1.29, 1.82) is 0 Å². The molecule has 21 heavy (non-hydrogen) atoms. The average molecular weight is 351 g/mol. The molecule has 0 spiro atoms. The Morgan fingerprint density at radius 2 is 1.95 bits per heavy atom. The van der Waals surface area contributed by atoms with Crippen molar-refractivity contribution in [2.45, 2.75) is 33.6 Å². The Labute approximate surface area is 133 Å². The molecule has 0 radical (unpaired) electrons. The summed E-state index contributed by atoms with van der Waals surface area (Å²) in [6, 6.07) is 7.40. The third-order valence-corrected chi connectivity index (χ3v) is 3.88. The highest BCUT2D eigenvalue weighted by Crippen LogP contribution is 2.17. The average Bonchev–Trinajstić information content (AvgIpc) is 2.75. The Morgan fingerprint density at radius 3 is 2.57 bits per heavy atom. The SMILES string of the molecule is CCCc1c(C)nn(C(=O)COc2ccc(Br)cc2)c1C.